The highest BCUT2D eigenvalue weighted by Gasteiger charge is 2.04. The van der Waals surface area contributed by atoms with Gasteiger partial charge in [0.05, 0.1) is 7.58 Å². The Bertz CT molecular complexity index is 436. The van der Waals surface area contributed by atoms with Gasteiger partial charge in [-0.05, 0) is 40.1 Å². The molecule has 4 heteroatoms. The molecule has 0 bridgehead atoms. The van der Waals surface area contributed by atoms with Crippen molar-refractivity contribution in [2.24, 2.45) is 0 Å². The molecule has 0 radical (unpaired) electrons. The van der Waals surface area contributed by atoms with Crippen molar-refractivity contribution < 1.29 is 0 Å². The average molecular weight is 307 g/mol. The molecule has 62 valence electrons. The molecule has 0 spiro atoms. The van der Waals surface area contributed by atoms with E-state index in [2.05, 4.69) is 41.3 Å². The first kappa shape index (κ1) is 8.65. The smallest absolute Gasteiger partial charge is 0.0666 e. The van der Waals surface area contributed by atoms with E-state index in [1.54, 1.807) is 11.3 Å². The van der Waals surface area contributed by atoms with Gasteiger partial charge >= 0.3 is 0 Å². The minimum absolute atomic E-state index is 0.754. The number of rotatable bonds is 0. The Kier molecular flexibility index (Phi) is 2.22. The maximum atomic E-state index is 5.72. The lowest BCUT2D eigenvalue weighted by Gasteiger charge is -1.98. The first-order valence-corrected chi connectivity index (χ1v) is 5.69. The van der Waals surface area contributed by atoms with Crippen molar-refractivity contribution in [2.45, 2.75) is 4.90 Å². The highest BCUT2D eigenvalue weighted by atomic mass is 127. The van der Waals surface area contributed by atoms with Crippen molar-refractivity contribution in [3.63, 3.8) is 0 Å². The largest absolute Gasteiger partial charge is 0.398 e. The molecule has 2 rings (SSSR count). The van der Waals surface area contributed by atoms with Crippen LogP contribution in [-0.4, -0.2) is 0 Å². The molecule has 1 nitrogen and oxygen atoms in total. The molecule has 1 aromatic carbocycles. The van der Waals surface area contributed by atoms with Gasteiger partial charge < -0.3 is 5.73 Å². The summed E-state index contributed by atoms with van der Waals surface area (Å²) in [5.41, 5.74) is 6.48. The van der Waals surface area contributed by atoms with Gasteiger partial charge in [-0.15, -0.1) is 24.0 Å². The maximum Gasteiger partial charge on any atom is 0.0666 e. The van der Waals surface area contributed by atoms with E-state index >= 15 is 0 Å². The van der Waals surface area contributed by atoms with Gasteiger partial charge in [-0.3, -0.25) is 0 Å². The van der Waals surface area contributed by atoms with E-state index in [1.807, 2.05) is 12.1 Å². The van der Waals surface area contributed by atoms with Crippen LogP contribution in [0.3, 0.4) is 0 Å². The maximum absolute atomic E-state index is 5.72. The molecule has 0 unspecified atom stereocenters. The number of halogens is 1. The molecule has 2 aromatic rings. The van der Waals surface area contributed by atoms with Gasteiger partial charge in [0.1, 0.15) is 0 Å². The van der Waals surface area contributed by atoms with E-state index in [1.165, 1.54) is 13.0 Å². The first-order chi connectivity index (χ1) is 5.68. The van der Waals surface area contributed by atoms with Crippen molar-refractivity contribution in [2.75, 3.05) is 5.73 Å². The Morgan fingerprint density at radius 3 is 2.92 bits per heavy atom. The Labute approximate surface area is 93.5 Å². The quantitative estimate of drug-likeness (QED) is 0.435. The van der Waals surface area contributed by atoms with Crippen molar-refractivity contribution in [3.8, 4) is 0 Å². The van der Waals surface area contributed by atoms with Crippen LogP contribution >= 0.6 is 46.6 Å². The Morgan fingerprint density at radius 2 is 2.17 bits per heavy atom. The highest BCUT2D eigenvalue weighted by molar-refractivity contribution is 14.1. The summed E-state index contributed by atoms with van der Waals surface area (Å²) >= 11 is 8.39. The number of nitrogens with two attached hydrogens (primary N) is 1. The van der Waals surface area contributed by atoms with Crippen LogP contribution in [0.4, 0.5) is 5.69 Å². The fourth-order valence-corrected chi connectivity index (χ4v) is 3.25. The zero-order chi connectivity index (χ0) is 8.72. The number of nitrogen functional groups attached to an aromatic ring is 1. The van der Waals surface area contributed by atoms with E-state index in [4.69, 9.17) is 5.73 Å². The lowest BCUT2D eigenvalue weighted by atomic mass is 10.2. The van der Waals surface area contributed by atoms with Gasteiger partial charge in [-0.2, -0.15) is 0 Å². The molecule has 0 aliphatic heterocycles. The van der Waals surface area contributed by atoms with Gasteiger partial charge in [0.2, 0.25) is 0 Å². The molecule has 0 aliphatic carbocycles. The Balaban J connectivity index is 2.89. The van der Waals surface area contributed by atoms with Gasteiger partial charge in [-0.1, -0.05) is 6.07 Å². The van der Waals surface area contributed by atoms with Crippen LogP contribution in [0.25, 0.3) is 10.1 Å². The molecule has 12 heavy (non-hydrogen) atoms. The third kappa shape index (κ3) is 1.31. The molecule has 0 fully saturated rings. The fourth-order valence-electron chi connectivity index (χ4n) is 1.07. The minimum atomic E-state index is 0.754. The minimum Gasteiger partial charge on any atom is -0.398 e. The van der Waals surface area contributed by atoms with Gasteiger partial charge in [0, 0.05) is 10.6 Å². The van der Waals surface area contributed by atoms with E-state index in [9.17, 15) is 0 Å². The average Bonchev–Trinajstić information content (AvgIpc) is 2.39. The molecule has 0 atom stereocenters. The van der Waals surface area contributed by atoms with E-state index < -0.39 is 0 Å². The van der Waals surface area contributed by atoms with Crippen LogP contribution in [0.15, 0.2) is 23.1 Å². The van der Waals surface area contributed by atoms with E-state index in [0.717, 1.165) is 10.6 Å². The topological polar surface area (TPSA) is 26.0 Å². The zero-order valence-electron chi connectivity index (χ0n) is 6.04. The van der Waals surface area contributed by atoms with Gasteiger partial charge in [0.25, 0.3) is 0 Å². The Morgan fingerprint density at radius 1 is 1.42 bits per heavy atom. The number of thiophene rings is 1. The van der Waals surface area contributed by atoms with Crippen LogP contribution < -0.4 is 5.73 Å². The van der Waals surface area contributed by atoms with Crippen molar-refractivity contribution in [3.05, 3.63) is 21.1 Å². The fraction of sp³-hybridized carbons (Fsp3) is 0. The van der Waals surface area contributed by atoms with Gasteiger partial charge in [-0.25, -0.2) is 0 Å². The van der Waals surface area contributed by atoms with Crippen LogP contribution in [-0.2, 0) is 0 Å². The predicted molar refractivity (Wildman–Crippen MR) is 66.2 cm³/mol. The zero-order valence-corrected chi connectivity index (χ0v) is 9.91. The third-order valence-corrected chi connectivity index (χ3v) is 4.22. The lowest BCUT2D eigenvalue weighted by molar-refractivity contribution is 1.59. The molecule has 1 heterocycles. The molecule has 0 saturated heterocycles. The predicted octanol–water partition coefficient (Wildman–Crippen LogP) is 3.38. The summed E-state index contributed by atoms with van der Waals surface area (Å²) in [7, 11) is 0. The van der Waals surface area contributed by atoms with Crippen molar-refractivity contribution >= 4 is 62.3 Å². The van der Waals surface area contributed by atoms with E-state index in [-0.39, 0.29) is 0 Å². The third-order valence-electron chi connectivity index (χ3n) is 1.66. The summed E-state index contributed by atoms with van der Waals surface area (Å²) in [6.07, 6.45) is 0. The number of hydrogen-bond acceptors (Lipinski definition) is 3. The Hall–Kier alpha value is 0.0600. The number of hydrogen-bond donors (Lipinski definition) is 2. The normalized spacial score (nSPS) is 10.8. The SMILES string of the molecule is Nc1ccc2cc(I)sc2c1S. The summed E-state index contributed by atoms with van der Waals surface area (Å²) in [5, 5.41) is 1.23. The summed E-state index contributed by atoms with van der Waals surface area (Å²) in [5.74, 6) is 0. The summed E-state index contributed by atoms with van der Waals surface area (Å²) < 4.78 is 2.45. The van der Waals surface area contributed by atoms with E-state index in [0.29, 0.717) is 0 Å². The number of thiol groups is 1. The number of anilines is 1. The van der Waals surface area contributed by atoms with Crippen molar-refractivity contribution in [1.82, 2.24) is 0 Å². The summed E-state index contributed by atoms with van der Waals surface area (Å²) in [6, 6.07) is 6.07. The molecule has 2 N–H and O–H groups in total. The van der Waals surface area contributed by atoms with Crippen LogP contribution in [0, 0.1) is 2.88 Å². The number of fused-ring (bicyclic) bond motifs is 1. The van der Waals surface area contributed by atoms with Gasteiger partial charge in [0.15, 0.2) is 0 Å². The number of benzene rings is 1. The lowest BCUT2D eigenvalue weighted by Crippen LogP contribution is -1.84. The second kappa shape index (κ2) is 3.08. The monoisotopic (exact) mass is 307 g/mol. The standard InChI is InChI=1S/C8H6INS2/c9-6-3-4-1-2-5(10)7(11)8(4)12-6/h1-3,11H,10H2. The molecule has 0 saturated carbocycles. The molecule has 1 aromatic heterocycles. The molecule has 0 amide bonds. The molecule has 0 aliphatic rings. The van der Waals surface area contributed by atoms with Crippen LogP contribution in [0.2, 0.25) is 0 Å². The molecular formula is C8H6INS2. The highest BCUT2D eigenvalue weighted by Crippen LogP contribution is 2.34. The first-order valence-electron chi connectivity index (χ1n) is 3.35. The molecular weight excluding hydrogens is 301 g/mol. The second-order valence-corrected chi connectivity index (χ2v) is 5.87. The summed E-state index contributed by atoms with van der Waals surface area (Å²) in [6.45, 7) is 0. The van der Waals surface area contributed by atoms with Crippen molar-refractivity contribution in [1.29, 1.82) is 0 Å². The second-order valence-electron chi connectivity index (χ2n) is 2.47. The summed E-state index contributed by atoms with van der Waals surface area (Å²) in [4.78, 5) is 0.903. The van der Waals surface area contributed by atoms with Crippen LogP contribution in [0.1, 0.15) is 0 Å². The van der Waals surface area contributed by atoms with Crippen LogP contribution in [0.5, 0.6) is 0 Å².